The topological polar surface area (TPSA) is 34.1 Å². The smallest absolute Gasteiger partial charge is 0.119 e. The monoisotopic (exact) mass is 240 g/mol. The zero-order chi connectivity index (χ0) is 12.4. The van der Waals surface area contributed by atoms with Gasteiger partial charge in [-0.15, -0.1) is 0 Å². The Labute approximate surface area is 107 Å². The fourth-order valence-electron chi connectivity index (χ4n) is 2.48. The zero-order valence-electron chi connectivity index (χ0n) is 10.4. The van der Waals surface area contributed by atoms with Crippen molar-refractivity contribution in [3.63, 3.8) is 0 Å². The number of methoxy groups -OCH3 is 1. The maximum absolute atomic E-state index is 5.29. The van der Waals surface area contributed by atoms with E-state index >= 15 is 0 Å². The maximum Gasteiger partial charge on any atom is 0.119 e. The first-order valence-electron chi connectivity index (χ1n) is 6.19. The minimum absolute atomic E-state index is 0.195. The summed E-state index contributed by atoms with van der Waals surface area (Å²) in [5.41, 5.74) is 3.73. The van der Waals surface area contributed by atoms with E-state index in [-0.39, 0.29) is 6.04 Å². The normalized spacial score (nSPS) is 18.2. The molecule has 1 aliphatic heterocycles. The van der Waals surface area contributed by atoms with Gasteiger partial charge >= 0.3 is 0 Å². The summed E-state index contributed by atoms with van der Waals surface area (Å²) in [6.45, 7) is 0.974. The minimum atomic E-state index is 0.195. The molecule has 0 saturated carbocycles. The van der Waals surface area contributed by atoms with E-state index < -0.39 is 0 Å². The standard InChI is InChI=1S/C15H16N2O/c1-18-12-5-6-13-11(10-12)7-9-17-15(13)14-4-2-3-8-16-14/h2-6,8,10,15,17H,7,9H2,1H3/t15-/m1/s1. The van der Waals surface area contributed by atoms with Crippen LogP contribution in [-0.2, 0) is 6.42 Å². The quantitative estimate of drug-likeness (QED) is 0.874. The Balaban J connectivity index is 2.02. The molecule has 1 N–H and O–H groups in total. The second kappa shape index (κ2) is 4.78. The molecule has 1 aromatic heterocycles. The van der Waals surface area contributed by atoms with Crippen LogP contribution in [-0.4, -0.2) is 18.6 Å². The first-order valence-corrected chi connectivity index (χ1v) is 6.19. The molecule has 0 spiro atoms. The molecule has 1 aliphatic rings. The summed E-state index contributed by atoms with van der Waals surface area (Å²) in [5, 5.41) is 3.53. The molecule has 0 radical (unpaired) electrons. The lowest BCUT2D eigenvalue weighted by Gasteiger charge is -2.26. The summed E-state index contributed by atoms with van der Waals surface area (Å²) in [4.78, 5) is 4.45. The van der Waals surface area contributed by atoms with Crippen molar-refractivity contribution in [1.82, 2.24) is 10.3 Å². The Morgan fingerprint density at radius 2 is 2.22 bits per heavy atom. The first-order chi connectivity index (χ1) is 8.88. The molecule has 0 aliphatic carbocycles. The van der Waals surface area contributed by atoms with Crippen LogP contribution >= 0.6 is 0 Å². The number of aromatic nitrogens is 1. The van der Waals surface area contributed by atoms with Crippen LogP contribution in [0.25, 0.3) is 0 Å². The first kappa shape index (κ1) is 11.2. The highest BCUT2D eigenvalue weighted by Gasteiger charge is 2.22. The third-order valence-electron chi connectivity index (χ3n) is 3.39. The summed E-state index contributed by atoms with van der Waals surface area (Å²) in [6, 6.07) is 12.5. The molecule has 0 amide bonds. The molecule has 3 nitrogen and oxygen atoms in total. The Hall–Kier alpha value is -1.87. The highest BCUT2D eigenvalue weighted by molar-refractivity contribution is 5.42. The van der Waals surface area contributed by atoms with E-state index in [2.05, 4.69) is 28.5 Å². The number of nitrogens with zero attached hydrogens (tertiary/aromatic N) is 1. The minimum Gasteiger partial charge on any atom is -0.497 e. The van der Waals surface area contributed by atoms with Gasteiger partial charge in [-0.2, -0.15) is 0 Å². The van der Waals surface area contributed by atoms with Crippen LogP contribution in [0.15, 0.2) is 42.6 Å². The van der Waals surface area contributed by atoms with E-state index in [1.807, 2.05) is 24.4 Å². The van der Waals surface area contributed by atoms with E-state index in [0.717, 1.165) is 24.4 Å². The largest absolute Gasteiger partial charge is 0.497 e. The van der Waals surface area contributed by atoms with Crippen molar-refractivity contribution < 1.29 is 4.74 Å². The molecule has 1 aromatic carbocycles. The van der Waals surface area contributed by atoms with Gasteiger partial charge < -0.3 is 10.1 Å². The molecular formula is C15H16N2O. The van der Waals surface area contributed by atoms with Gasteiger partial charge in [0.05, 0.1) is 18.8 Å². The van der Waals surface area contributed by atoms with Crippen LogP contribution in [0.3, 0.4) is 0 Å². The van der Waals surface area contributed by atoms with Crippen LogP contribution < -0.4 is 10.1 Å². The van der Waals surface area contributed by atoms with Crippen LogP contribution in [0, 0.1) is 0 Å². The summed E-state index contributed by atoms with van der Waals surface area (Å²) < 4.78 is 5.29. The molecule has 0 fully saturated rings. The van der Waals surface area contributed by atoms with E-state index in [1.54, 1.807) is 7.11 Å². The molecule has 2 aromatic rings. The van der Waals surface area contributed by atoms with Gasteiger partial charge in [-0.25, -0.2) is 0 Å². The number of rotatable bonds is 2. The number of nitrogens with one attached hydrogen (secondary N) is 1. The molecule has 92 valence electrons. The molecule has 1 atom stereocenters. The summed E-state index contributed by atoms with van der Waals surface area (Å²) >= 11 is 0. The maximum atomic E-state index is 5.29. The van der Waals surface area contributed by atoms with Gasteiger partial charge in [-0.3, -0.25) is 4.98 Å². The summed E-state index contributed by atoms with van der Waals surface area (Å²) in [5.74, 6) is 0.926. The molecule has 18 heavy (non-hydrogen) atoms. The Morgan fingerprint density at radius 1 is 1.28 bits per heavy atom. The molecule has 0 unspecified atom stereocenters. The molecule has 0 bridgehead atoms. The third kappa shape index (κ3) is 1.97. The number of fused-ring (bicyclic) bond motifs is 1. The number of benzene rings is 1. The van der Waals surface area contributed by atoms with Gasteiger partial charge in [0.15, 0.2) is 0 Å². The van der Waals surface area contributed by atoms with Crippen molar-refractivity contribution in [2.24, 2.45) is 0 Å². The molecule has 3 rings (SSSR count). The number of hydrogen-bond donors (Lipinski definition) is 1. The number of ether oxygens (including phenoxy) is 1. The average Bonchev–Trinajstić information content (AvgIpc) is 2.47. The molecular weight excluding hydrogens is 224 g/mol. The Bertz CT molecular complexity index is 539. The van der Waals surface area contributed by atoms with Gasteiger partial charge in [-0.05, 0) is 41.8 Å². The summed E-state index contributed by atoms with van der Waals surface area (Å²) in [7, 11) is 1.71. The van der Waals surface area contributed by atoms with E-state index in [1.165, 1.54) is 11.1 Å². The predicted molar refractivity (Wildman–Crippen MR) is 70.8 cm³/mol. The van der Waals surface area contributed by atoms with Gasteiger partial charge in [0, 0.05) is 12.7 Å². The van der Waals surface area contributed by atoms with Crippen molar-refractivity contribution in [2.75, 3.05) is 13.7 Å². The van der Waals surface area contributed by atoms with Gasteiger partial charge in [0.25, 0.3) is 0 Å². The van der Waals surface area contributed by atoms with Gasteiger partial charge in [0.1, 0.15) is 5.75 Å². The third-order valence-corrected chi connectivity index (χ3v) is 3.39. The Kier molecular flexibility index (Phi) is 2.99. The van der Waals surface area contributed by atoms with Crippen LogP contribution in [0.4, 0.5) is 0 Å². The van der Waals surface area contributed by atoms with Crippen molar-refractivity contribution in [3.05, 3.63) is 59.4 Å². The zero-order valence-corrected chi connectivity index (χ0v) is 10.4. The van der Waals surface area contributed by atoms with E-state index in [0.29, 0.717) is 0 Å². The summed E-state index contributed by atoms with van der Waals surface area (Å²) in [6.07, 6.45) is 2.88. The fourth-order valence-corrected chi connectivity index (χ4v) is 2.48. The lowest BCUT2D eigenvalue weighted by atomic mass is 9.92. The highest BCUT2D eigenvalue weighted by Crippen LogP contribution is 2.29. The van der Waals surface area contributed by atoms with Gasteiger partial charge in [-0.1, -0.05) is 12.1 Å². The lowest BCUT2D eigenvalue weighted by molar-refractivity contribution is 0.413. The van der Waals surface area contributed by atoms with Crippen LogP contribution in [0.1, 0.15) is 22.9 Å². The van der Waals surface area contributed by atoms with Crippen molar-refractivity contribution in [1.29, 1.82) is 0 Å². The van der Waals surface area contributed by atoms with E-state index in [9.17, 15) is 0 Å². The van der Waals surface area contributed by atoms with Crippen molar-refractivity contribution >= 4 is 0 Å². The second-order valence-electron chi connectivity index (χ2n) is 4.46. The fraction of sp³-hybridized carbons (Fsp3) is 0.267. The molecule has 3 heteroatoms. The van der Waals surface area contributed by atoms with Crippen LogP contribution in [0.2, 0.25) is 0 Å². The predicted octanol–water partition coefficient (Wildman–Crippen LogP) is 2.33. The van der Waals surface area contributed by atoms with Crippen molar-refractivity contribution in [3.8, 4) is 5.75 Å². The molecule has 0 saturated heterocycles. The van der Waals surface area contributed by atoms with E-state index in [4.69, 9.17) is 4.74 Å². The lowest BCUT2D eigenvalue weighted by Crippen LogP contribution is -2.31. The highest BCUT2D eigenvalue weighted by atomic mass is 16.5. The average molecular weight is 240 g/mol. The number of pyridine rings is 1. The molecule has 2 heterocycles. The van der Waals surface area contributed by atoms with Crippen molar-refractivity contribution in [2.45, 2.75) is 12.5 Å². The Morgan fingerprint density at radius 3 is 3.00 bits per heavy atom. The second-order valence-corrected chi connectivity index (χ2v) is 4.46. The SMILES string of the molecule is COc1ccc2c(c1)CCN[C@H]2c1ccccn1. The van der Waals surface area contributed by atoms with Crippen LogP contribution in [0.5, 0.6) is 5.75 Å². The van der Waals surface area contributed by atoms with Gasteiger partial charge in [0.2, 0.25) is 0 Å². The number of hydrogen-bond acceptors (Lipinski definition) is 3.